The average Bonchev–Trinajstić information content (AvgIpc) is 3.73. The van der Waals surface area contributed by atoms with E-state index in [2.05, 4.69) is 25.3 Å². The maximum Gasteiger partial charge on any atom is 0.119 e. The molecule has 0 bridgehead atoms. The van der Waals surface area contributed by atoms with E-state index in [1.807, 2.05) is 36.4 Å². The lowest BCUT2D eigenvalue weighted by Gasteiger charge is -2.10. The van der Waals surface area contributed by atoms with Crippen LogP contribution in [0.3, 0.4) is 0 Å². The number of aliphatic hydroxyl groups is 1. The van der Waals surface area contributed by atoms with Gasteiger partial charge in [0.15, 0.2) is 0 Å². The van der Waals surface area contributed by atoms with Crippen LogP contribution in [0.25, 0.3) is 0 Å². The molecule has 0 amide bonds. The van der Waals surface area contributed by atoms with Crippen LogP contribution in [-0.4, -0.2) is 69.4 Å². The zero-order valence-corrected chi connectivity index (χ0v) is 21.0. The first-order valence-electron chi connectivity index (χ1n) is 11.8. The van der Waals surface area contributed by atoms with Crippen LogP contribution in [0.2, 0.25) is 0 Å². The summed E-state index contributed by atoms with van der Waals surface area (Å²) in [5, 5.41) is 9.26. The summed E-state index contributed by atoms with van der Waals surface area (Å²) >= 11 is 5.48. The van der Waals surface area contributed by atoms with Gasteiger partial charge in [0.25, 0.3) is 0 Å². The number of alkyl halides is 1. The molecule has 2 atom stereocenters. The first-order chi connectivity index (χ1) is 17.1. The maximum atomic E-state index is 9.26. The lowest BCUT2D eigenvalue weighted by Crippen LogP contribution is -2.18. The van der Waals surface area contributed by atoms with E-state index in [0.717, 1.165) is 37.6 Å². The second-order valence-corrected chi connectivity index (χ2v) is 8.21. The van der Waals surface area contributed by atoms with Gasteiger partial charge in [-0.15, -0.1) is 24.8 Å². The SMILES string of the molecule is C=CCOCCc1ccc(OC[C@@H](O)CCl)cc1.C=CCOCCc1ccc(OC[C@H]2CO2)cc1. The lowest BCUT2D eigenvalue weighted by atomic mass is 10.1. The van der Waals surface area contributed by atoms with Crippen molar-refractivity contribution in [3.8, 4) is 11.5 Å². The molecule has 0 spiro atoms. The third-order valence-corrected chi connectivity index (χ3v) is 5.20. The molecular weight excluding hydrogens is 468 g/mol. The van der Waals surface area contributed by atoms with Gasteiger partial charge in [-0.1, -0.05) is 36.4 Å². The minimum absolute atomic E-state index is 0.179. The highest BCUT2D eigenvalue weighted by Gasteiger charge is 2.22. The smallest absolute Gasteiger partial charge is 0.119 e. The van der Waals surface area contributed by atoms with Crippen molar-refractivity contribution < 1.29 is 28.8 Å². The summed E-state index contributed by atoms with van der Waals surface area (Å²) in [6.07, 6.45) is 4.95. The highest BCUT2D eigenvalue weighted by Crippen LogP contribution is 2.16. The molecule has 6 nitrogen and oxygen atoms in total. The van der Waals surface area contributed by atoms with Gasteiger partial charge in [0.1, 0.15) is 36.9 Å². The quantitative estimate of drug-likeness (QED) is 0.147. The van der Waals surface area contributed by atoms with Crippen molar-refractivity contribution in [2.75, 3.05) is 52.1 Å². The van der Waals surface area contributed by atoms with Crippen LogP contribution in [0.4, 0.5) is 0 Å². The molecule has 1 saturated heterocycles. The second kappa shape index (κ2) is 18.0. The van der Waals surface area contributed by atoms with Crippen LogP contribution in [0.5, 0.6) is 11.5 Å². The fraction of sp³-hybridized carbons (Fsp3) is 0.429. The molecule has 1 aliphatic rings. The number of aliphatic hydroxyl groups excluding tert-OH is 1. The average molecular weight is 505 g/mol. The number of ether oxygens (including phenoxy) is 5. The number of hydrogen-bond donors (Lipinski definition) is 1. The van der Waals surface area contributed by atoms with Crippen molar-refractivity contribution in [1.29, 1.82) is 0 Å². The van der Waals surface area contributed by atoms with Crippen molar-refractivity contribution in [3.63, 3.8) is 0 Å². The molecule has 1 fully saturated rings. The molecule has 7 heteroatoms. The third-order valence-electron chi connectivity index (χ3n) is 4.85. The Balaban J connectivity index is 0.000000247. The Kier molecular flexibility index (Phi) is 14.8. The van der Waals surface area contributed by atoms with Gasteiger partial charge in [-0.25, -0.2) is 0 Å². The number of hydrogen-bond acceptors (Lipinski definition) is 6. The van der Waals surface area contributed by atoms with Gasteiger partial charge in [-0.05, 0) is 48.2 Å². The lowest BCUT2D eigenvalue weighted by molar-refractivity contribution is 0.125. The Morgan fingerprint density at radius 3 is 1.80 bits per heavy atom. The molecule has 192 valence electrons. The van der Waals surface area contributed by atoms with Gasteiger partial charge in [0, 0.05) is 0 Å². The Hall–Kier alpha value is -2.35. The molecular formula is C28H37ClO6. The third kappa shape index (κ3) is 14.0. The van der Waals surface area contributed by atoms with Crippen LogP contribution in [0, 0.1) is 0 Å². The first-order valence-corrected chi connectivity index (χ1v) is 12.3. The predicted octanol–water partition coefficient (Wildman–Crippen LogP) is 4.62. The molecule has 0 saturated carbocycles. The summed E-state index contributed by atoms with van der Waals surface area (Å²) in [5.74, 6) is 1.81. The Morgan fingerprint density at radius 2 is 1.37 bits per heavy atom. The highest BCUT2D eigenvalue weighted by molar-refractivity contribution is 6.18. The molecule has 2 aromatic carbocycles. The Morgan fingerprint density at radius 1 is 0.886 bits per heavy atom. The zero-order chi connectivity index (χ0) is 25.1. The topological polar surface area (TPSA) is 69.7 Å². The van der Waals surface area contributed by atoms with E-state index in [0.29, 0.717) is 32.5 Å². The molecule has 3 rings (SSSR count). The van der Waals surface area contributed by atoms with Crippen LogP contribution in [-0.2, 0) is 27.1 Å². The summed E-state index contributed by atoms with van der Waals surface area (Å²) < 4.78 is 26.7. The highest BCUT2D eigenvalue weighted by atomic mass is 35.5. The molecule has 0 radical (unpaired) electrons. The van der Waals surface area contributed by atoms with Crippen molar-refractivity contribution in [1.82, 2.24) is 0 Å². The molecule has 1 aliphatic heterocycles. The standard InChI is InChI=1S/C14H19ClO3.C14H18O3/c1-2-8-17-9-7-12-3-5-14(6-4-12)18-11-13(16)10-15;1-2-8-15-9-7-12-3-5-13(6-4-12)16-10-14-11-17-14/h2-6,13,16H,1,7-11H2;2-6,14H,1,7-11H2/t13-;14-/m00/s1. The van der Waals surface area contributed by atoms with Gasteiger partial charge >= 0.3 is 0 Å². The maximum absolute atomic E-state index is 9.26. The van der Waals surface area contributed by atoms with Crippen LogP contribution in [0.1, 0.15) is 11.1 Å². The normalized spacial score (nSPS) is 14.9. The van der Waals surface area contributed by atoms with E-state index in [1.165, 1.54) is 11.1 Å². The summed E-state index contributed by atoms with van der Waals surface area (Å²) in [5.41, 5.74) is 2.44. The molecule has 0 aliphatic carbocycles. The Bertz CT molecular complexity index is 820. The first kappa shape index (κ1) is 28.9. The number of halogens is 1. The monoisotopic (exact) mass is 504 g/mol. The van der Waals surface area contributed by atoms with Gasteiger partial charge < -0.3 is 28.8 Å². The minimum Gasteiger partial charge on any atom is -0.491 e. The number of benzene rings is 2. The van der Waals surface area contributed by atoms with Gasteiger partial charge in [0.2, 0.25) is 0 Å². The predicted molar refractivity (Wildman–Crippen MR) is 140 cm³/mol. The zero-order valence-electron chi connectivity index (χ0n) is 20.3. The molecule has 1 N–H and O–H groups in total. The van der Waals surface area contributed by atoms with Gasteiger partial charge in [-0.2, -0.15) is 0 Å². The second-order valence-electron chi connectivity index (χ2n) is 7.90. The van der Waals surface area contributed by atoms with Crippen LogP contribution >= 0.6 is 11.6 Å². The molecule has 0 unspecified atom stereocenters. The van der Waals surface area contributed by atoms with Crippen molar-refractivity contribution >= 4 is 11.6 Å². The number of epoxide rings is 1. The van der Waals surface area contributed by atoms with Gasteiger partial charge in [-0.3, -0.25) is 0 Å². The largest absolute Gasteiger partial charge is 0.491 e. The summed E-state index contributed by atoms with van der Waals surface area (Å²) in [4.78, 5) is 0. The van der Waals surface area contributed by atoms with E-state index in [4.69, 9.17) is 35.3 Å². The fourth-order valence-electron chi connectivity index (χ4n) is 2.81. The summed E-state index contributed by atoms with van der Waals surface area (Å²) in [6, 6.07) is 15.9. The van der Waals surface area contributed by atoms with Gasteiger partial charge in [0.05, 0.1) is 38.9 Å². The summed E-state index contributed by atoms with van der Waals surface area (Å²) in [6.45, 7) is 11.5. The van der Waals surface area contributed by atoms with E-state index in [-0.39, 0.29) is 12.5 Å². The van der Waals surface area contributed by atoms with Crippen molar-refractivity contribution in [2.45, 2.75) is 25.0 Å². The van der Waals surface area contributed by atoms with E-state index in [9.17, 15) is 5.11 Å². The molecule has 2 aromatic rings. The van der Waals surface area contributed by atoms with Crippen molar-refractivity contribution in [3.05, 3.63) is 85.0 Å². The number of rotatable bonds is 17. The van der Waals surface area contributed by atoms with Crippen LogP contribution in [0.15, 0.2) is 73.8 Å². The molecule has 0 aromatic heterocycles. The van der Waals surface area contributed by atoms with E-state index < -0.39 is 6.10 Å². The van der Waals surface area contributed by atoms with Crippen LogP contribution < -0.4 is 9.47 Å². The van der Waals surface area contributed by atoms with Crippen molar-refractivity contribution in [2.24, 2.45) is 0 Å². The van der Waals surface area contributed by atoms with E-state index >= 15 is 0 Å². The fourth-order valence-corrected chi connectivity index (χ4v) is 2.90. The minimum atomic E-state index is -0.626. The molecule has 35 heavy (non-hydrogen) atoms. The molecule has 1 heterocycles. The summed E-state index contributed by atoms with van der Waals surface area (Å²) in [7, 11) is 0. The van der Waals surface area contributed by atoms with E-state index in [1.54, 1.807) is 12.2 Å². The Labute approximate surface area is 214 Å².